The highest BCUT2D eigenvalue weighted by molar-refractivity contribution is 5.84. The van der Waals surface area contributed by atoms with Crippen LogP contribution in [0, 0.1) is 0 Å². The van der Waals surface area contributed by atoms with Gasteiger partial charge in [0, 0.05) is 25.0 Å². The van der Waals surface area contributed by atoms with Gasteiger partial charge in [-0.2, -0.15) is 5.10 Å². The molecular formula is C28H24N4O. The van der Waals surface area contributed by atoms with E-state index in [-0.39, 0.29) is 0 Å². The van der Waals surface area contributed by atoms with Crippen LogP contribution < -0.4 is 4.74 Å². The average Bonchev–Trinajstić information content (AvgIpc) is 3.48. The quantitative estimate of drug-likeness (QED) is 0.332. The second-order valence-corrected chi connectivity index (χ2v) is 7.84. The van der Waals surface area contributed by atoms with Crippen molar-refractivity contribution in [2.75, 3.05) is 0 Å². The van der Waals surface area contributed by atoms with Gasteiger partial charge in [-0.15, -0.1) is 0 Å². The molecule has 3 aromatic heterocycles. The molecule has 0 aliphatic carbocycles. The summed E-state index contributed by atoms with van der Waals surface area (Å²) < 4.78 is 7.92. The summed E-state index contributed by atoms with van der Waals surface area (Å²) in [6, 6.07) is 24.4. The summed E-state index contributed by atoms with van der Waals surface area (Å²) in [5.74, 6) is 0.818. The Balaban J connectivity index is 1.19. The summed E-state index contributed by atoms with van der Waals surface area (Å²) in [7, 11) is 2.06. The van der Waals surface area contributed by atoms with Gasteiger partial charge in [0.15, 0.2) is 0 Å². The number of ether oxygens (including phenoxy) is 1. The molecule has 0 bridgehead atoms. The predicted octanol–water partition coefficient (Wildman–Crippen LogP) is 6.22. The Hall–Kier alpha value is -4.38. The van der Waals surface area contributed by atoms with Crippen LogP contribution in [0.4, 0.5) is 0 Å². The van der Waals surface area contributed by atoms with Gasteiger partial charge in [-0.05, 0) is 71.1 Å². The molecule has 0 fully saturated rings. The minimum absolute atomic E-state index is 0.457. The zero-order chi connectivity index (χ0) is 22.5. The van der Waals surface area contributed by atoms with Crippen molar-refractivity contribution in [3.8, 4) is 5.75 Å². The molecule has 3 heterocycles. The van der Waals surface area contributed by atoms with Crippen LogP contribution in [0.3, 0.4) is 0 Å². The summed E-state index contributed by atoms with van der Waals surface area (Å²) in [6.07, 6.45) is 12.0. The number of hydrogen-bond acceptors (Lipinski definition) is 3. The number of H-pyrrole nitrogens is 1. The minimum Gasteiger partial charge on any atom is -0.487 e. The zero-order valence-electron chi connectivity index (χ0n) is 18.3. The van der Waals surface area contributed by atoms with E-state index in [1.807, 2.05) is 66.8 Å². The van der Waals surface area contributed by atoms with E-state index in [1.54, 1.807) is 6.20 Å². The van der Waals surface area contributed by atoms with E-state index in [1.165, 1.54) is 10.9 Å². The molecule has 0 radical (unpaired) electrons. The molecule has 162 valence electrons. The summed E-state index contributed by atoms with van der Waals surface area (Å²) in [4.78, 5) is 4.27. The minimum atomic E-state index is 0.457. The molecule has 5 rings (SSSR count). The molecule has 2 aromatic carbocycles. The number of nitrogens with zero attached hydrogens (tertiary/aromatic N) is 3. The number of aryl methyl sites for hydroxylation is 1. The summed E-state index contributed by atoms with van der Waals surface area (Å²) in [5.41, 5.74) is 6.20. The van der Waals surface area contributed by atoms with Gasteiger partial charge in [0.2, 0.25) is 0 Å². The van der Waals surface area contributed by atoms with Crippen molar-refractivity contribution in [3.05, 3.63) is 113 Å². The van der Waals surface area contributed by atoms with Gasteiger partial charge in [0.1, 0.15) is 12.4 Å². The number of aromatic nitrogens is 4. The van der Waals surface area contributed by atoms with Crippen molar-refractivity contribution >= 4 is 35.2 Å². The lowest BCUT2D eigenvalue weighted by atomic mass is 10.1. The first-order valence-corrected chi connectivity index (χ1v) is 10.8. The molecule has 5 nitrogen and oxygen atoms in total. The van der Waals surface area contributed by atoms with E-state index in [0.717, 1.165) is 34.0 Å². The van der Waals surface area contributed by atoms with Crippen molar-refractivity contribution in [1.82, 2.24) is 19.7 Å². The normalized spacial score (nSPS) is 11.7. The summed E-state index contributed by atoms with van der Waals surface area (Å²) >= 11 is 0. The van der Waals surface area contributed by atoms with Gasteiger partial charge in [0.25, 0.3) is 0 Å². The van der Waals surface area contributed by atoms with Crippen LogP contribution >= 0.6 is 0 Å². The maximum absolute atomic E-state index is 5.79. The molecule has 0 aliphatic heterocycles. The maximum Gasteiger partial charge on any atom is 0.130 e. The van der Waals surface area contributed by atoms with Crippen LogP contribution in [0.1, 0.15) is 28.2 Å². The largest absolute Gasteiger partial charge is 0.487 e. The topological polar surface area (TPSA) is 55.7 Å². The molecule has 5 heteroatoms. The van der Waals surface area contributed by atoms with Crippen molar-refractivity contribution in [2.45, 2.75) is 6.61 Å². The molecule has 33 heavy (non-hydrogen) atoms. The Labute approximate surface area is 192 Å². The van der Waals surface area contributed by atoms with Crippen LogP contribution in [-0.4, -0.2) is 19.7 Å². The second kappa shape index (κ2) is 9.40. The zero-order valence-corrected chi connectivity index (χ0v) is 18.3. The average molecular weight is 433 g/mol. The maximum atomic E-state index is 5.79. The van der Waals surface area contributed by atoms with Crippen LogP contribution in [0.15, 0.2) is 85.2 Å². The lowest BCUT2D eigenvalue weighted by Crippen LogP contribution is -1.97. The molecule has 0 atom stereocenters. The predicted molar refractivity (Wildman–Crippen MR) is 134 cm³/mol. The highest BCUT2D eigenvalue weighted by Crippen LogP contribution is 2.19. The number of fused-ring (bicyclic) bond motifs is 1. The summed E-state index contributed by atoms with van der Waals surface area (Å²) in [6.45, 7) is 0.457. The van der Waals surface area contributed by atoms with Crippen LogP contribution in [0.2, 0.25) is 0 Å². The van der Waals surface area contributed by atoms with E-state index in [4.69, 9.17) is 4.74 Å². The third kappa shape index (κ3) is 5.10. The fourth-order valence-corrected chi connectivity index (χ4v) is 3.59. The van der Waals surface area contributed by atoms with Gasteiger partial charge in [-0.1, -0.05) is 42.5 Å². The van der Waals surface area contributed by atoms with Crippen LogP contribution in [0.25, 0.3) is 35.2 Å². The molecule has 0 spiro atoms. The number of benzene rings is 2. The number of hydrogen-bond donors (Lipinski definition) is 1. The second-order valence-electron chi connectivity index (χ2n) is 7.84. The highest BCUT2D eigenvalue weighted by atomic mass is 16.5. The van der Waals surface area contributed by atoms with Crippen molar-refractivity contribution in [2.24, 2.45) is 7.05 Å². The van der Waals surface area contributed by atoms with Gasteiger partial charge in [-0.3, -0.25) is 10.1 Å². The monoisotopic (exact) mass is 432 g/mol. The third-order valence-electron chi connectivity index (χ3n) is 5.42. The number of aromatic amines is 1. The van der Waals surface area contributed by atoms with Gasteiger partial charge >= 0.3 is 0 Å². The molecule has 1 N–H and O–H groups in total. The lowest BCUT2D eigenvalue weighted by molar-refractivity contribution is 0.301. The van der Waals surface area contributed by atoms with Crippen LogP contribution in [-0.2, 0) is 13.7 Å². The van der Waals surface area contributed by atoms with Gasteiger partial charge < -0.3 is 9.30 Å². The molecule has 0 saturated carbocycles. The van der Waals surface area contributed by atoms with E-state index >= 15 is 0 Å². The van der Waals surface area contributed by atoms with Crippen LogP contribution in [0.5, 0.6) is 5.75 Å². The van der Waals surface area contributed by atoms with E-state index in [0.29, 0.717) is 6.61 Å². The molecule has 0 aliphatic rings. The molecule has 0 saturated heterocycles. The van der Waals surface area contributed by atoms with E-state index in [2.05, 4.69) is 63.3 Å². The standard InChI is InChI=1S/C28H24N4O/c1-32-17-15-23-10-5-22(18-28(23)32)7-12-25-19-24(30-31-25)11-6-21-8-13-27(14-9-21)33-20-26-4-2-3-16-29-26/h2-19H,20H2,1H3,(H,30,31)/b11-6+,12-7?. The molecule has 5 aromatic rings. The lowest BCUT2D eigenvalue weighted by Gasteiger charge is -2.05. The Morgan fingerprint density at radius 1 is 0.879 bits per heavy atom. The smallest absolute Gasteiger partial charge is 0.130 e. The van der Waals surface area contributed by atoms with Gasteiger partial charge in [-0.25, -0.2) is 0 Å². The number of rotatable bonds is 7. The Morgan fingerprint density at radius 3 is 2.58 bits per heavy atom. The fraction of sp³-hybridized carbons (Fsp3) is 0.0714. The Kier molecular flexibility index (Phi) is 5.85. The SMILES string of the molecule is Cn1ccc2ccc(C=Cc3cc(/C=C/c4ccc(OCc5ccccn5)cc4)n[nH]3)cc21. The Bertz CT molecular complexity index is 1410. The fourth-order valence-electron chi connectivity index (χ4n) is 3.59. The van der Waals surface area contributed by atoms with Crippen molar-refractivity contribution in [1.29, 1.82) is 0 Å². The molecular weight excluding hydrogens is 408 g/mol. The first kappa shape index (κ1) is 20.5. The number of nitrogens with one attached hydrogen (secondary N) is 1. The van der Waals surface area contributed by atoms with E-state index in [9.17, 15) is 0 Å². The number of pyridine rings is 1. The van der Waals surface area contributed by atoms with Crippen molar-refractivity contribution < 1.29 is 4.74 Å². The molecule has 0 amide bonds. The summed E-state index contributed by atoms with van der Waals surface area (Å²) in [5, 5.41) is 8.71. The van der Waals surface area contributed by atoms with Gasteiger partial charge in [0.05, 0.1) is 17.1 Å². The Morgan fingerprint density at radius 2 is 1.73 bits per heavy atom. The van der Waals surface area contributed by atoms with E-state index < -0.39 is 0 Å². The first-order chi connectivity index (χ1) is 16.2. The third-order valence-corrected chi connectivity index (χ3v) is 5.42. The first-order valence-electron chi connectivity index (χ1n) is 10.8. The highest BCUT2D eigenvalue weighted by Gasteiger charge is 2.00. The molecule has 0 unspecified atom stereocenters. The van der Waals surface area contributed by atoms with Crippen molar-refractivity contribution in [3.63, 3.8) is 0 Å².